The van der Waals surface area contributed by atoms with Gasteiger partial charge < -0.3 is 20.3 Å². The third-order valence-corrected chi connectivity index (χ3v) is 6.32. The van der Waals surface area contributed by atoms with E-state index in [1.807, 2.05) is 0 Å². The van der Waals surface area contributed by atoms with E-state index in [1.54, 1.807) is 4.90 Å². The lowest BCUT2D eigenvalue weighted by molar-refractivity contribution is -0.127. The van der Waals surface area contributed by atoms with Crippen LogP contribution in [-0.2, 0) is 16.0 Å². The average Bonchev–Trinajstić information content (AvgIpc) is 3.41. The van der Waals surface area contributed by atoms with Gasteiger partial charge in [0, 0.05) is 36.3 Å². The second kappa shape index (κ2) is 10.4. The van der Waals surface area contributed by atoms with Crippen LogP contribution in [0.2, 0.25) is 5.02 Å². The molecule has 10 heteroatoms. The minimum absolute atomic E-state index is 0.116. The standard InChI is InChI=1S/C24H24ClF2N3O4/c25-17-13-14(4-7-18(17)26)28-23(32)16-5-8-19(27)22-15(16)6-9-20(22)29-24(33)34-12-2-11-30-10-1-3-21(30)31/h4-5,7-8,13,20H,1-3,6,9-12H2,(H,28,32)(H,29,33)/t20-/m0/s1. The van der Waals surface area contributed by atoms with Crippen molar-refractivity contribution in [3.05, 3.63) is 63.7 Å². The molecular formula is C24H24ClF2N3O4. The van der Waals surface area contributed by atoms with Gasteiger partial charge in [-0.3, -0.25) is 9.59 Å². The summed E-state index contributed by atoms with van der Waals surface area (Å²) in [6, 6.07) is 5.75. The Kier molecular flexibility index (Phi) is 7.31. The number of anilines is 1. The molecule has 1 aliphatic carbocycles. The number of fused-ring (bicyclic) bond motifs is 1. The second-order valence-corrected chi connectivity index (χ2v) is 8.69. The van der Waals surface area contributed by atoms with Crippen LogP contribution in [0.5, 0.6) is 0 Å². The van der Waals surface area contributed by atoms with Gasteiger partial charge in [0.1, 0.15) is 11.6 Å². The zero-order chi connectivity index (χ0) is 24.2. The number of amides is 3. The molecule has 0 unspecified atom stereocenters. The highest BCUT2D eigenvalue weighted by molar-refractivity contribution is 6.31. The van der Waals surface area contributed by atoms with Crippen molar-refractivity contribution in [2.24, 2.45) is 0 Å². The molecule has 7 nitrogen and oxygen atoms in total. The summed E-state index contributed by atoms with van der Waals surface area (Å²) in [4.78, 5) is 38.4. The fraction of sp³-hybridized carbons (Fsp3) is 0.375. The van der Waals surface area contributed by atoms with Gasteiger partial charge >= 0.3 is 6.09 Å². The number of benzene rings is 2. The number of carbonyl (C=O) groups is 3. The van der Waals surface area contributed by atoms with Gasteiger partial charge in [-0.25, -0.2) is 13.6 Å². The van der Waals surface area contributed by atoms with Gasteiger partial charge in [0.15, 0.2) is 0 Å². The molecule has 3 amide bonds. The van der Waals surface area contributed by atoms with Crippen LogP contribution in [0.15, 0.2) is 30.3 Å². The molecule has 0 bridgehead atoms. The van der Waals surface area contributed by atoms with Crippen LogP contribution in [0.25, 0.3) is 0 Å². The van der Waals surface area contributed by atoms with Crippen LogP contribution in [0.4, 0.5) is 19.3 Å². The Hall–Kier alpha value is -3.20. The quantitative estimate of drug-likeness (QED) is 0.554. The highest BCUT2D eigenvalue weighted by Crippen LogP contribution is 2.36. The van der Waals surface area contributed by atoms with Gasteiger partial charge in [-0.2, -0.15) is 0 Å². The third kappa shape index (κ3) is 5.30. The monoisotopic (exact) mass is 491 g/mol. The van der Waals surface area contributed by atoms with Gasteiger partial charge in [0.05, 0.1) is 17.7 Å². The maximum Gasteiger partial charge on any atom is 0.407 e. The van der Waals surface area contributed by atoms with Crippen molar-refractivity contribution < 1.29 is 27.9 Å². The molecule has 1 heterocycles. The molecule has 0 saturated carbocycles. The summed E-state index contributed by atoms with van der Waals surface area (Å²) >= 11 is 5.76. The molecule has 0 radical (unpaired) electrons. The number of hydrogen-bond donors (Lipinski definition) is 2. The van der Waals surface area contributed by atoms with Crippen LogP contribution in [0.3, 0.4) is 0 Å². The van der Waals surface area contributed by atoms with Crippen LogP contribution < -0.4 is 10.6 Å². The molecule has 2 aromatic carbocycles. The van der Waals surface area contributed by atoms with Gasteiger partial charge in [0.2, 0.25) is 5.91 Å². The highest BCUT2D eigenvalue weighted by atomic mass is 35.5. The summed E-state index contributed by atoms with van der Waals surface area (Å²) in [5.74, 6) is -1.50. The maximum atomic E-state index is 14.7. The van der Waals surface area contributed by atoms with Crippen LogP contribution in [-0.4, -0.2) is 42.5 Å². The first-order valence-corrected chi connectivity index (χ1v) is 11.5. The Bertz CT molecular complexity index is 1130. The van der Waals surface area contributed by atoms with E-state index in [0.29, 0.717) is 43.5 Å². The fourth-order valence-electron chi connectivity index (χ4n) is 4.39. The summed E-state index contributed by atoms with van der Waals surface area (Å²) in [5.41, 5.74) is 1.33. The Balaban J connectivity index is 1.36. The van der Waals surface area contributed by atoms with E-state index < -0.39 is 29.7 Å². The van der Waals surface area contributed by atoms with Crippen molar-refractivity contribution in [3.63, 3.8) is 0 Å². The smallest absolute Gasteiger partial charge is 0.407 e. The van der Waals surface area contributed by atoms with Crippen LogP contribution in [0, 0.1) is 11.6 Å². The molecule has 1 aliphatic heterocycles. The molecule has 2 N–H and O–H groups in total. The minimum atomic E-state index is -0.680. The van der Waals surface area contributed by atoms with Crippen molar-refractivity contribution in [1.82, 2.24) is 10.2 Å². The lowest BCUT2D eigenvalue weighted by Crippen LogP contribution is -2.30. The van der Waals surface area contributed by atoms with Gasteiger partial charge in [0.25, 0.3) is 5.91 Å². The van der Waals surface area contributed by atoms with E-state index in [0.717, 1.165) is 19.0 Å². The molecule has 2 aromatic rings. The maximum absolute atomic E-state index is 14.7. The predicted octanol–water partition coefficient (Wildman–Crippen LogP) is 4.60. The number of alkyl carbamates (subject to hydrolysis) is 1. The number of carbonyl (C=O) groups excluding carboxylic acids is 3. The largest absolute Gasteiger partial charge is 0.449 e. The van der Waals surface area contributed by atoms with Gasteiger partial charge in [-0.1, -0.05) is 11.6 Å². The van der Waals surface area contributed by atoms with Crippen molar-refractivity contribution >= 4 is 35.2 Å². The third-order valence-electron chi connectivity index (χ3n) is 6.03. The van der Waals surface area contributed by atoms with E-state index in [4.69, 9.17) is 16.3 Å². The number of halogens is 3. The first-order chi connectivity index (χ1) is 16.3. The van der Waals surface area contributed by atoms with E-state index >= 15 is 0 Å². The van der Waals surface area contributed by atoms with Crippen molar-refractivity contribution in [1.29, 1.82) is 0 Å². The summed E-state index contributed by atoms with van der Waals surface area (Å²) in [6.45, 7) is 1.40. The summed E-state index contributed by atoms with van der Waals surface area (Å²) < 4.78 is 33.2. The summed E-state index contributed by atoms with van der Waals surface area (Å²) in [6.07, 6.45) is 2.06. The second-order valence-electron chi connectivity index (χ2n) is 8.28. The number of nitrogens with zero attached hydrogens (tertiary/aromatic N) is 1. The van der Waals surface area contributed by atoms with Crippen LogP contribution in [0.1, 0.15) is 53.2 Å². The first kappa shape index (κ1) is 23.9. The Morgan fingerprint density at radius 1 is 1.15 bits per heavy atom. The SMILES string of the molecule is O=C(N[C@H]1CCc2c(C(=O)Nc3ccc(F)c(Cl)c3)ccc(F)c21)OCCCN1CCCC1=O. The Morgan fingerprint density at radius 2 is 1.94 bits per heavy atom. The van der Waals surface area contributed by atoms with Crippen LogP contribution >= 0.6 is 11.6 Å². The molecule has 2 aliphatic rings. The van der Waals surface area contributed by atoms with E-state index in [-0.39, 0.29) is 28.7 Å². The zero-order valence-corrected chi connectivity index (χ0v) is 19.1. The van der Waals surface area contributed by atoms with Crippen molar-refractivity contribution in [3.8, 4) is 0 Å². The lowest BCUT2D eigenvalue weighted by atomic mass is 10.0. The van der Waals surface area contributed by atoms with E-state index in [1.165, 1.54) is 24.3 Å². The number of hydrogen-bond acceptors (Lipinski definition) is 4. The lowest BCUT2D eigenvalue weighted by Gasteiger charge is -2.17. The number of rotatable bonds is 7. The Morgan fingerprint density at radius 3 is 2.68 bits per heavy atom. The topological polar surface area (TPSA) is 87.7 Å². The Labute approximate surface area is 200 Å². The first-order valence-electron chi connectivity index (χ1n) is 11.1. The molecule has 4 rings (SSSR count). The molecule has 34 heavy (non-hydrogen) atoms. The number of nitrogens with one attached hydrogen (secondary N) is 2. The minimum Gasteiger partial charge on any atom is -0.449 e. The molecule has 180 valence electrons. The number of likely N-dealkylation sites (tertiary alicyclic amines) is 1. The fourth-order valence-corrected chi connectivity index (χ4v) is 4.57. The van der Waals surface area contributed by atoms with Crippen molar-refractivity contribution in [2.75, 3.05) is 25.0 Å². The molecule has 0 spiro atoms. The summed E-state index contributed by atoms with van der Waals surface area (Å²) in [7, 11) is 0. The van der Waals surface area contributed by atoms with Crippen molar-refractivity contribution in [2.45, 2.75) is 38.1 Å². The summed E-state index contributed by atoms with van der Waals surface area (Å²) in [5, 5.41) is 5.18. The molecule has 0 aromatic heterocycles. The van der Waals surface area contributed by atoms with E-state index in [9.17, 15) is 23.2 Å². The normalized spacial score (nSPS) is 17.0. The molecular weight excluding hydrogens is 468 g/mol. The zero-order valence-electron chi connectivity index (χ0n) is 18.3. The molecule has 1 fully saturated rings. The average molecular weight is 492 g/mol. The molecule has 1 saturated heterocycles. The highest BCUT2D eigenvalue weighted by Gasteiger charge is 2.31. The number of ether oxygens (including phenoxy) is 1. The van der Waals surface area contributed by atoms with E-state index in [2.05, 4.69) is 10.6 Å². The van der Waals surface area contributed by atoms with Gasteiger partial charge in [-0.15, -0.1) is 0 Å². The van der Waals surface area contributed by atoms with Gasteiger partial charge in [-0.05, 0) is 61.6 Å². The molecule has 1 atom stereocenters. The predicted molar refractivity (Wildman–Crippen MR) is 122 cm³/mol.